The molecule has 1 aromatic heterocycles. The predicted octanol–water partition coefficient (Wildman–Crippen LogP) is 1.98. The lowest BCUT2D eigenvalue weighted by atomic mass is 9.84. The highest BCUT2D eigenvalue weighted by Crippen LogP contribution is 2.24. The fourth-order valence-corrected chi connectivity index (χ4v) is 1.80. The first-order valence-corrected chi connectivity index (χ1v) is 5.67. The third-order valence-electron chi connectivity index (χ3n) is 2.98. The fraction of sp³-hybridized carbons (Fsp3) is 0.385. The van der Waals surface area contributed by atoms with Gasteiger partial charge < -0.3 is 10.3 Å². The van der Waals surface area contributed by atoms with Crippen LogP contribution in [0, 0.1) is 0 Å². The zero-order valence-electron chi connectivity index (χ0n) is 10.4. The minimum absolute atomic E-state index is 0.000642. The van der Waals surface area contributed by atoms with E-state index in [9.17, 15) is 4.79 Å². The van der Waals surface area contributed by atoms with Gasteiger partial charge in [0.15, 0.2) is 0 Å². The molecule has 1 amide bonds. The maximum absolute atomic E-state index is 11.0. The van der Waals surface area contributed by atoms with Crippen LogP contribution >= 0.6 is 0 Å². The molecule has 0 aliphatic rings. The highest BCUT2D eigenvalue weighted by Gasteiger charge is 2.21. The van der Waals surface area contributed by atoms with Gasteiger partial charge in [0, 0.05) is 18.9 Å². The molecule has 0 bridgehead atoms. The summed E-state index contributed by atoms with van der Waals surface area (Å²) in [6, 6.07) is 6.14. The second-order valence-corrected chi connectivity index (χ2v) is 4.93. The molecule has 0 aliphatic carbocycles. The Hall–Kier alpha value is -1.84. The van der Waals surface area contributed by atoms with Crippen LogP contribution in [0.15, 0.2) is 24.5 Å². The average molecular weight is 231 g/mol. The Kier molecular flexibility index (Phi) is 2.88. The van der Waals surface area contributed by atoms with Gasteiger partial charge in [-0.15, -0.1) is 0 Å². The molecule has 0 saturated heterocycles. The number of hydrogen-bond donors (Lipinski definition) is 2. The van der Waals surface area contributed by atoms with E-state index >= 15 is 0 Å². The predicted molar refractivity (Wildman–Crippen MR) is 67.8 cm³/mol. The summed E-state index contributed by atoms with van der Waals surface area (Å²) in [5.74, 6) is 0.000642. The third kappa shape index (κ3) is 2.46. The van der Waals surface area contributed by atoms with Crippen molar-refractivity contribution in [3.8, 4) is 0 Å². The number of carbonyl (C=O) groups excluding carboxylic acids is 1. The van der Waals surface area contributed by atoms with Crippen LogP contribution < -0.4 is 5.32 Å². The van der Waals surface area contributed by atoms with E-state index in [0.29, 0.717) is 6.54 Å². The number of benzene rings is 1. The number of fused-ring (bicyclic) bond motifs is 1. The second-order valence-electron chi connectivity index (χ2n) is 4.93. The van der Waals surface area contributed by atoms with Gasteiger partial charge in [-0.2, -0.15) is 0 Å². The van der Waals surface area contributed by atoms with Gasteiger partial charge in [-0.1, -0.05) is 19.9 Å². The SMILES string of the molecule is CC(=O)NCC(C)(C)c1ccc2nc[nH]c2c1. The van der Waals surface area contributed by atoms with Crippen molar-refractivity contribution in [1.29, 1.82) is 0 Å². The van der Waals surface area contributed by atoms with Gasteiger partial charge in [0.2, 0.25) is 5.91 Å². The maximum atomic E-state index is 11.0. The summed E-state index contributed by atoms with van der Waals surface area (Å²) in [5.41, 5.74) is 3.08. The van der Waals surface area contributed by atoms with Gasteiger partial charge in [-0.25, -0.2) is 4.98 Å². The van der Waals surface area contributed by atoms with Crippen molar-refractivity contribution in [2.45, 2.75) is 26.2 Å². The summed E-state index contributed by atoms with van der Waals surface area (Å²) < 4.78 is 0. The first kappa shape index (κ1) is 11.6. The molecule has 0 unspecified atom stereocenters. The van der Waals surface area contributed by atoms with Crippen molar-refractivity contribution in [2.24, 2.45) is 0 Å². The van der Waals surface area contributed by atoms with E-state index in [1.807, 2.05) is 6.07 Å². The number of H-pyrrole nitrogens is 1. The molecule has 1 heterocycles. The van der Waals surface area contributed by atoms with Gasteiger partial charge in [0.05, 0.1) is 17.4 Å². The zero-order valence-corrected chi connectivity index (χ0v) is 10.4. The zero-order chi connectivity index (χ0) is 12.5. The molecule has 0 radical (unpaired) electrons. The first-order chi connectivity index (χ1) is 7.99. The number of rotatable bonds is 3. The highest BCUT2D eigenvalue weighted by molar-refractivity contribution is 5.75. The van der Waals surface area contributed by atoms with Gasteiger partial charge in [0.1, 0.15) is 0 Å². The summed E-state index contributed by atoms with van der Waals surface area (Å²) in [6.07, 6.45) is 1.69. The van der Waals surface area contributed by atoms with Crippen LogP contribution in [0.2, 0.25) is 0 Å². The smallest absolute Gasteiger partial charge is 0.216 e. The fourth-order valence-electron chi connectivity index (χ4n) is 1.80. The van der Waals surface area contributed by atoms with Crippen LogP contribution in [0.3, 0.4) is 0 Å². The molecule has 2 aromatic rings. The number of nitrogens with one attached hydrogen (secondary N) is 2. The van der Waals surface area contributed by atoms with E-state index in [1.165, 1.54) is 12.5 Å². The van der Waals surface area contributed by atoms with Crippen molar-refractivity contribution in [3.05, 3.63) is 30.1 Å². The normalized spacial score (nSPS) is 11.7. The number of imidazole rings is 1. The summed E-state index contributed by atoms with van der Waals surface area (Å²) >= 11 is 0. The molecule has 0 aliphatic heterocycles. The molecule has 1 aromatic carbocycles. The maximum Gasteiger partial charge on any atom is 0.216 e. The van der Waals surface area contributed by atoms with Crippen LogP contribution in [-0.2, 0) is 10.2 Å². The van der Waals surface area contributed by atoms with E-state index in [1.54, 1.807) is 6.33 Å². The summed E-state index contributed by atoms with van der Waals surface area (Å²) in [5, 5.41) is 2.86. The molecular weight excluding hydrogens is 214 g/mol. The minimum atomic E-state index is -0.0923. The monoisotopic (exact) mass is 231 g/mol. The Labute approximate surface area is 100 Å². The molecule has 0 fully saturated rings. The van der Waals surface area contributed by atoms with Crippen molar-refractivity contribution >= 4 is 16.9 Å². The quantitative estimate of drug-likeness (QED) is 0.848. The molecule has 4 nitrogen and oxygen atoms in total. The average Bonchev–Trinajstić information content (AvgIpc) is 2.73. The number of aromatic nitrogens is 2. The van der Waals surface area contributed by atoms with Crippen LogP contribution in [0.4, 0.5) is 0 Å². The summed E-state index contributed by atoms with van der Waals surface area (Å²) in [6.45, 7) is 6.39. The Morgan fingerprint density at radius 2 is 2.24 bits per heavy atom. The van der Waals surface area contributed by atoms with Gasteiger partial charge in [-0.05, 0) is 17.7 Å². The molecule has 4 heteroatoms. The van der Waals surface area contributed by atoms with E-state index in [-0.39, 0.29) is 11.3 Å². The largest absolute Gasteiger partial charge is 0.355 e. The van der Waals surface area contributed by atoms with Crippen molar-refractivity contribution in [2.75, 3.05) is 6.54 Å². The van der Waals surface area contributed by atoms with Crippen LogP contribution in [0.1, 0.15) is 26.3 Å². The lowest BCUT2D eigenvalue weighted by Crippen LogP contribution is -2.35. The Morgan fingerprint density at radius 1 is 1.47 bits per heavy atom. The van der Waals surface area contributed by atoms with Crippen molar-refractivity contribution in [1.82, 2.24) is 15.3 Å². The van der Waals surface area contributed by atoms with Crippen LogP contribution in [0.5, 0.6) is 0 Å². The molecule has 0 spiro atoms. The number of hydrogen-bond acceptors (Lipinski definition) is 2. The molecule has 90 valence electrons. The topological polar surface area (TPSA) is 57.8 Å². The number of aromatic amines is 1. The lowest BCUT2D eigenvalue weighted by Gasteiger charge is -2.25. The molecule has 0 atom stereocenters. The molecule has 2 rings (SSSR count). The van der Waals surface area contributed by atoms with Crippen molar-refractivity contribution in [3.63, 3.8) is 0 Å². The van der Waals surface area contributed by atoms with Crippen molar-refractivity contribution < 1.29 is 4.79 Å². The summed E-state index contributed by atoms with van der Waals surface area (Å²) in [7, 11) is 0. The standard InChI is InChI=1S/C13H17N3O/c1-9(17)14-7-13(2,3)10-4-5-11-12(6-10)16-8-15-11/h4-6,8H,7H2,1-3H3,(H,14,17)(H,15,16). The Morgan fingerprint density at radius 3 is 2.94 bits per heavy atom. The second kappa shape index (κ2) is 4.20. The first-order valence-electron chi connectivity index (χ1n) is 5.67. The number of nitrogens with zero attached hydrogens (tertiary/aromatic N) is 1. The van der Waals surface area contributed by atoms with Gasteiger partial charge in [-0.3, -0.25) is 4.79 Å². The van der Waals surface area contributed by atoms with E-state index in [0.717, 1.165) is 11.0 Å². The van der Waals surface area contributed by atoms with Crippen LogP contribution in [-0.4, -0.2) is 22.4 Å². The van der Waals surface area contributed by atoms with Crippen LogP contribution in [0.25, 0.3) is 11.0 Å². The van der Waals surface area contributed by atoms with E-state index in [2.05, 4.69) is 41.3 Å². The highest BCUT2D eigenvalue weighted by atomic mass is 16.1. The molecule has 0 saturated carbocycles. The third-order valence-corrected chi connectivity index (χ3v) is 2.98. The van der Waals surface area contributed by atoms with Gasteiger partial charge >= 0.3 is 0 Å². The number of amides is 1. The molecule has 17 heavy (non-hydrogen) atoms. The molecular formula is C13H17N3O. The molecule has 2 N–H and O–H groups in total. The lowest BCUT2D eigenvalue weighted by molar-refractivity contribution is -0.119. The van der Waals surface area contributed by atoms with E-state index < -0.39 is 0 Å². The minimum Gasteiger partial charge on any atom is -0.355 e. The Balaban J connectivity index is 2.27. The number of carbonyl (C=O) groups is 1. The van der Waals surface area contributed by atoms with Gasteiger partial charge in [0.25, 0.3) is 0 Å². The van der Waals surface area contributed by atoms with E-state index in [4.69, 9.17) is 0 Å². The summed E-state index contributed by atoms with van der Waals surface area (Å²) in [4.78, 5) is 18.3. The Bertz CT molecular complexity index is 542.